The van der Waals surface area contributed by atoms with Crippen LogP contribution in [0, 0.1) is 0 Å². The predicted octanol–water partition coefficient (Wildman–Crippen LogP) is 1.28. The number of nitrogens with zero attached hydrogens (tertiary/aromatic N) is 1. The summed E-state index contributed by atoms with van der Waals surface area (Å²) in [5.41, 5.74) is 3.82. The molecule has 0 fully saturated rings. The first-order valence-corrected chi connectivity index (χ1v) is 6.82. The lowest BCUT2D eigenvalue weighted by molar-refractivity contribution is 0.441. The van der Waals surface area contributed by atoms with Gasteiger partial charge >= 0.3 is 0 Å². The normalized spacial score (nSPS) is 19.2. The number of rotatable bonds is 4. The number of H-pyrrole nitrogens is 1. The number of imidazole rings is 1. The fraction of sp³-hybridized carbons (Fsp3) is 0.417. The zero-order valence-corrected chi connectivity index (χ0v) is 10.4. The number of aromatic amines is 1. The van der Waals surface area contributed by atoms with Crippen LogP contribution in [0.5, 0.6) is 0 Å². The molecule has 0 spiro atoms. The average Bonchev–Trinajstić information content (AvgIpc) is 2.98. The molecule has 0 amide bonds. The second-order valence-corrected chi connectivity index (χ2v) is 5.15. The molecule has 1 aliphatic rings. The largest absolute Gasteiger partial charge is 0.347 e. The van der Waals surface area contributed by atoms with Crippen LogP contribution in [-0.4, -0.2) is 22.6 Å². The third kappa shape index (κ3) is 2.57. The van der Waals surface area contributed by atoms with Gasteiger partial charge in [0.2, 0.25) is 0 Å². The van der Waals surface area contributed by atoms with Gasteiger partial charge in [-0.05, 0) is 22.4 Å². The lowest BCUT2D eigenvalue weighted by Crippen LogP contribution is -2.42. The predicted molar refractivity (Wildman–Crippen MR) is 68.9 cm³/mol. The van der Waals surface area contributed by atoms with Crippen LogP contribution in [0.2, 0.25) is 0 Å². The molecule has 3 N–H and O–H groups in total. The minimum atomic E-state index is 0.490. The molecule has 2 aromatic rings. The molecule has 0 aromatic carbocycles. The topological polar surface area (TPSA) is 52.7 Å². The quantitative estimate of drug-likeness (QED) is 0.764. The molecular formula is C12H16N4S. The maximum atomic E-state index is 4.34. The van der Waals surface area contributed by atoms with Crippen molar-refractivity contribution in [3.63, 3.8) is 0 Å². The van der Waals surface area contributed by atoms with Crippen molar-refractivity contribution in [2.24, 2.45) is 0 Å². The first-order chi connectivity index (χ1) is 8.42. The maximum absolute atomic E-state index is 4.34. The minimum absolute atomic E-state index is 0.490. The lowest BCUT2D eigenvalue weighted by atomic mass is 10.1. The van der Waals surface area contributed by atoms with E-state index in [9.17, 15) is 0 Å². The van der Waals surface area contributed by atoms with Gasteiger partial charge in [0.25, 0.3) is 0 Å². The van der Waals surface area contributed by atoms with Crippen LogP contribution in [0.1, 0.15) is 17.0 Å². The van der Waals surface area contributed by atoms with Crippen LogP contribution < -0.4 is 10.6 Å². The standard InChI is InChI=1S/C12H16N4S/c1-2-17-7-9(1)4-13-5-10-3-11-12(6-14-10)16-8-15-11/h1-2,7-8,10,13-14H,3-6H2,(H,15,16). The molecule has 3 rings (SSSR count). The van der Waals surface area contributed by atoms with Crippen molar-refractivity contribution < 1.29 is 0 Å². The Bertz CT molecular complexity index is 463. The summed E-state index contributed by atoms with van der Waals surface area (Å²) >= 11 is 1.75. The van der Waals surface area contributed by atoms with Crippen LogP contribution >= 0.6 is 11.3 Å². The Morgan fingerprint density at radius 3 is 3.41 bits per heavy atom. The zero-order valence-electron chi connectivity index (χ0n) is 9.57. The van der Waals surface area contributed by atoms with E-state index in [-0.39, 0.29) is 0 Å². The molecule has 3 heterocycles. The van der Waals surface area contributed by atoms with Gasteiger partial charge in [0.1, 0.15) is 0 Å². The van der Waals surface area contributed by atoms with Crippen molar-refractivity contribution in [3.8, 4) is 0 Å². The summed E-state index contributed by atoms with van der Waals surface area (Å²) in [4.78, 5) is 7.51. The molecule has 17 heavy (non-hydrogen) atoms. The Labute approximate surface area is 104 Å². The monoisotopic (exact) mass is 248 g/mol. The van der Waals surface area contributed by atoms with Gasteiger partial charge in [-0.15, -0.1) is 0 Å². The van der Waals surface area contributed by atoms with Crippen molar-refractivity contribution in [2.45, 2.75) is 25.6 Å². The molecule has 0 aliphatic carbocycles. The molecule has 1 unspecified atom stereocenters. The number of hydrogen-bond acceptors (Lipinski definition) is 4. The molecule has 2 aromatic heterocycles. The summed E-state index contributed by atoms with van der Waals surface area (Å²) in [7, 11) is 0. The van der Waals surface area contributed by atoms with Crippen molar-refractivity contribution >= 4 is 11.3 Å². The Kier molecular flexibility index (Phi) is 3.22. The van der Waals surface area contributed by atoms with E-state index in [1.807, 2.05) is 0 Å². The summed E-state index contributed by atoms with van der Waals surface area (Å²) in [5, 5.41) is 11.3. The second kappa shape index (κ2) is 5.00. The third-order valence-corrected chi connectivity index (χ3v) is 3.85. The summed E-state index contributed by atoms with van der Waals surface area (Å²) in [6, 6.07) is 2.65. The van der Waals surface area contributed by atoms with Gasteiger partial charge in [-0.1, -0.05) is 0 Å². The fourth-order valence-corrected chi connectivity index (χ4v) is 2.83. The van der Waals surface area contributed by atoms with Gasteiger partial charge in [0.15, 0.2) is 0 Å². The van der Waals surface area contributed by atoms with Crippen molar-refractivity contribution in [1.29, 1.82) is 0 Å². The van der Waals surface area contributed by atoms with Crippen LogP contribution in [0.15, 0.2) is 23.2 Å². The van der Waals surface area contributed by atoms with Crippen molar-refractivity contribution in [1.82, 2.24) is 20.6 Å². The van der Waals surface area contributed by atoms with E-state index in [0.717, 1.165) is 26.1 Å². The molecular weight excluding hydrogens is 232 g/mol. The van der Waals surface area contributed by atoms with Crippen LogP contribution in [0.25, 0.3) is 0 Å². The summed E-state index contributed by atoms with van der Waals surface area (Å²) in [5.74, 6) is 0. The highest BCUT2D eigenvalue weighted by Crippen LogP contribution is 2.11. The summed E-state index contributed by atoms with van der Waals surface area (Å²) < 4.78 is 0. The van der Waals surface area contributed by atoms with E-state index in [0.29, 0.717) is 6.04 Å². The fourth-order valence-electron chi connectivity index (χ4n) is 2.16. The number of hydrogen-bond donors (Lipinski definition) is 3. The zero-order chi connectivity index (χ0) is 11.5. The van der Waals surface area contributed by atoms with E-state index in [1.165, 1.54) is 17.0 Å². The van der Waals surface area contributed by atoms with E-state index in [2.05, 4.69) is 37.4 Å². The Morgan fingerprint density at radius 2 is 2.53 bits per heavy atom. The van der Waals surface area contributed by atoms with Crippen LogP contribution in [-0.2, 0) is 19.5 Å². The summed E-state index contributed by atoms with van der Waals surface area (Å²) in [6.07, 6.45) is 2.79. The van der Waals surface area contributed by atoms with Gasteiger partial charge in [-0.3, -0.25) is 0 Å². The first-order valence-electron chi connectivity index (χ1n) is 5.88. The number of fused-ring (bicyclic) bond motifs is 1. The van der Waals surface area contributed by atoms with Crippen molar-refractivity contribution in [2.75, 3.05) is 6.54 Å². The highest BCUT2D eigenvalue weighted by atomic mass is 32.1. The first kappa shape index (κ1) is 11.0. The van der Waals surface area contributed by atoms with Crippen LogP contribution in [0.3, 0.4) is 0 Å². The maximum Gasteiger partial charge on any atom is 0.0925 e. The van der Waals surface area contributed by atoms with Crippen LogP contribution in [0.4, 0.5) is 0 Å². The van der Waals surface area contributed by atoms with Gasteiger partial charge in [0, 0.05) is 32.1 Å². The van der Waals surface area contributed by atoms with Gasteiger partial charge in [-0.25, -0.2) is 4.98 Å². The number of aromatic nitrogens is 2. The van der Waals surface area contributed by atoms with E-state index >= 15 is 0 Å². The SMILES string of the molecule is c1nc2c([nH]1)CNC(CNCc1ccsc1)C2. The van der Waals surface area contributed by atoms with E-state index in [4.69, 9.17) is 0 Å². The minimum Gasteiger partial charge on any atom is -0.347 e. The molecule has 4 nitrogen and oxygen atoms in total. The van der Waals surface area contributed by atoms with E-state index < -0.39 is 0 Å². The smallest absolute Gasteiger partial charge is 0.0925 e. The molecule has 0 bridgehead atoms. The van der Waals surface area contributed by atoms with Gasteiger partial charge < -0.3 is 15.6 Å². The lowest BCUT2D eigenvalue weighted by Gasteiger charge is -2.23. The van der Waals surface area contributed by atoms with E-state index in [1.54, 1.807) is 17.7 Å². The second-order valence-electron chi connectivity index (χ2n) is 4.37. The molecule has 0 saturated heterocycles. The highest BCUT2D eigenvalue weighted by molar-refractivity contribution is 7.07. The van der Waals surface area contributed by atoms with Gasteiger partial charge in [-0.2, -0.15) is 11.3 Å². The molecule has 1 atom stereocenters. The number of thiophene rings is 1. The van der Waals surface area contributed by atoms with Gasteiger partial charge in [0.05, 0.1) is 17.7 Å². The Morgan fingerprint density at radius 1 is 1.53 bits per heavy atom. The molecule has 1 aliphatic heterocycles. The summed E-state index contributed by atoms with van der Waals surface area (Å²) in [6.45, 7) is 2.84. The molecule has 90 valence electrons. The Balaban J connectivity index is 1.48. The molecule has 0 saturated carbocycles. The molecule has 0 radical (unpaired) electrons. The Hall–Kier alpha value is -1.17. The average molecular weight is 248 g/mol. The highest BCUT2D eigenvalue weighted by Gasteiger charge is 2.19. The molecule has 5 heteroatoms. The van der Waals surface area contributed by atoms with Crippen molar-refractivity contribution in [3.05, 3.63) is 40.1 Å². The third-order valence-electron chi connectivity index (χ3n) is 3.11. The number of nitrogens with one attached hydrogen (secondary N) is 3.